The van der Waals surface area contributed by atoms with Crippen molar-refractivity contribution in [3.05, 3.63) is 57.7 Å². The molecule has 0 aliphatic carbocycles. The van der Waals surface area contributed by atoms with Crippen molar-refractivity contribution in [2.24, 2.45) is 0 Å². The molecule has 2 aromatic carbocycles. The summed E-state index contributed by atoms with van der Waals surface area (Å²) >= 11 is 2.04. The third-order valence-electron chi connectivity index (χ3n) is 3.94. The van der Waals surface area contributed by atoms with Crippen molar-refractivity contribution in [2.45, 2.75) is 12.8 Å². The van der Waals surface area contributed by atoms with E-state index < -0.39 is 11.9 Å². The second-order valence-electron chi connectivity index (χ2n) is 5.80. The van der Waals surface area contributed by atoms with E-state index in [0.29, 0.717) is 24.2 Å². The number of amides is 2. The maximum Gasteiger partial charge on any atom is 0.339 e. The van der Waals surface area contributed by atoms with Gasteiger partial charge in [-0.25, -0.2) is 4.79 Å². The minimum atomic E-state index is -0.540. The Kier molecular flexibility index (Phi) is 5.87. The van der Waals surface area contributed by atoms with Crippen molar-refractivity contribution >= 4 is 51.7 Å². The molecule has 0 spiro atoms. The lowest BCUT2D eigenvalue weighted by atomic mass is 10.2. The number of benzene rings is 2. The Morgan fingerprint density at radius 3 is 2.69 bits per heavy atom. The Hall–Kier alpha value is -2.42. The molecule has 2 amide bonds. The van der Waals surface area contributed by atoms with Gasteiger partial charge in [-0.1, -0.05) is 18.2 Å². The van der Waals surface area contributed by atoms with Crippen molar-refractivity contribution in [2.75, 3.05) is 23.4 Å². The fourth-order valence-electron chi connectivity index (χ4n) is 2.71. The lowest BCUT2D eigenvalue weighted by Gasteiger charge is -2.16. The van der Waals surface area contributed by atoms with Crippen LogP contribution >= 0.6 is 22.6 Å². The van der Waals surface area contributed by atoms with Crippen LogP contribution in [-0.2, 0) is 14.3 Å². The Balaban J connectivity index is 1.57. The first kappa shape index (κ1) is 18.4. The van der Waals surface area contributed by atoms with E-state index in [1.54, 1.807) is 41.3 Å². The van der Waals surface area contributed by atoms with Crippen molar-refractivity contribution in [1.29, 1.82) is 0 Å². The highest BCUT2D eigenvalue weighted by Crippen LogP contribution is 2.24. The molecule has 2 aromatic rings. The molecule has 0 bridgehead atoms. The van der Waals surface area contributed by atoms with Crippen LogP contribution in [0.3, 0.4) is 0 Å². The first-order valence-corrected chi connectivity index (χ1v) is 9.24. The van der Waals surface area contributed by atoms with Gasteiger partial charge in [0.25, 0.3) is 5.91 Å². The van der Waals surface area contributed by atoms with Gasteiger partial charge in [-0.2, -0.15) is 0 Å². The minimum absolute atomic E-state index is 0.0832. The molecule has 1 heterocycles. The maximum absolute atomic E-state index is 12.1. The van der Waals surface area contributed by atoms with Gasteiger partial charge in [-0.05, 0) is 59.3 Å². The van der Waals surface area contributed by atoms with E-state index in [0.717, 1.165) is 15.7 Å². The predicted molar refractivity (Wildman–Crippen MR) is 106 cm³/mol. The molecule has 1 fully saturated rings. The molecule has 7 heteroatoms. The van der Waals surface area contributed by atoms with Gasteiger partial charge in [0.05, 0.1) is 5.56 Å². The Morgan fingerprint density at radius 2 is 1.96 bits per heavy atom. The van der Waals surface area contributed by atoms with Crippen LogP contribution in [0.25, 0.3) is 0 Å². The molecule has 0 atom stereocenters. The lowest BCUT2D eigenvalue weighted by Crippen LogP contribution is -2.24. The monoisotopic (exact) mass is 464 g/mol. The van der Waals surface area contributed by atoms with Gasteiger partial charge < -0.3 is 15.0 Å². The van der Waals surface area contributed by atoms with E-state index in [9.17, 15) is 14.4 Å². The Bertz CT molecular complexity index is 853. The number of anilines is 2. The third kappa shape index (κ3) is 4.40. The summed E-state index contributed by atoms with van der Waals surface area (Å²) in [4.78, 5) is 37.6. The highest BCUT2D eigenvalue weighted by molar-refractivity contribution is 14.1. The first-order valence-electron chi connectivity index (χ1n) is 8.16. The maximum atomic E-state index is 12.1. The van der Waals surface area contributed by atoms with Crippen molar-refractivity contribution in [1.82, 2.24) is 0 Å². The number of nitrogens with zero attached hydrogens (tertiary/aromatic N) is 1. The zero-order chi connectivity index (χ0) is 18.5. The number of hydrogen-bond donors (Lipinski definition) is 1. The van der Waals surface area contributed by atoms with E-state index >= 15 is 0 Å². The second-order valence-corrected chi connectivity index (χ2v) is 6.97. The van der Waals surface area contributed by atoms with Gasteiger partial charge in [0.15, 0.2) is 6.61 Å². The molecular weight excluding hydrogens is 447 g/mol. The number of carbonyl (C=O) groups is 3. The smallest absolute Gasteiger partial charge is 0.339 e. The molecule has 0 radical (unpaired) electrons. The van der Waals surface area contributed by atoms with Crippen molar-refractivity contribution in [3.63, 3.8) is 0 Å². The van der Waals surface area contributed by atoms with E-state index in [-0.39, 0.29) is 12.5 Å². The van der Waals surface area contributed by atoms with Crippen LogP contribution in [0.4, 0.5) is 11.4 Å². The SMILES string of the molecule is O=C(COC(=O)c1ccccc1I)Nc1cccc(N2CCCC2=O)c1. The molecule has 26 heavy (non-hydrogen) atoms. The molecule has 0 aromatic heterocycles. The summed E-state index contributed by atoms with van der Waals surface area (Å²) in [6.45, 7) is 0.306. The van der Waals surface area contributed by atoms with Gasteiger partial charge in [0, 0.05) is 27.9 Å². The molecule has 3 rings (SSSR count). The van der Waals surface area contributed by atoms with Crippen molar-refractivity contribution in [3.8, 4) is 0 Å². The predicted octanol–water partition coefficient (Wildman–Crippen LogP) is 3.21. The van der Waals surface area contributed by atoms with Crippen LogP contribution in [0.5, 0.6) is 0 Å². The van der Waals surface area contributed by atoms with E-state index in [1.807, 2.05) is 34.7 Å². The van der Waals surface area contributed by atoms with Gasteiger partial charge in [-0.15, -0.1) is 0 Å². The number of hydrogen-bond acceptors (Lipinski definition) is 4. The number of nitrogens with one attached hydrogen (secondary N) is 1. The summed E-state index contributed by atoms with van der Waals surface area (Å²) in [6, 6.07) is 14.1. The lowest BCUT2D eigenvalue weighted by molar-refractivity contribution is -0.119. The zero-order valence-electron chi connectivity index (χ0n) is 13.9. The van der Waals surface area contributed by atoms with Crippen LogP contribution < -0.4 is 10.2 Å². The third-order valence-corrected chi connectivity index (χ3v) is 4.88. The van der Waals surface area contributed by atoms with E-state index in [2.05, 4.69) is 5.32 Å². The quantitative estimate of drug-likeness (QED) is 0.545. The number of rotatable bonds is 5. The van der Waals surface area contributed by atoms with Crippen LogP contribution in [0, 0.1) is 3.57 Å². The van der Waals surface area contributed by atoms with Gasteiger partial charge >= 0.3 is 5.97 Å². The fourth-order valence-corrected chi connectivity index (χ4v) is 3.31. The average molecular weight is 464 g/mol. The van der Waals surface area contributed by atoms with Gasteiger partial charge in [0.1, 0.15) is 0 Å². The topological polar surface area (TPSA) is 75.7 Å². The van der Waals surface area contributed by atoms with Crippen LogP contribution in [0.15, 0.2) is 48.5 Å². The standard InChI is InChI=1S/C19H17IN2O4/c20-16-8-2-1-7-15(16)19(25)26-12-17(23)21-13-5-3-6-14(11-13)22-10-4-9-18(22)24/h1-3,5-8,11H,4,9-10,12H2,(H,21,23). The molecule has 6 nitrogen and oxygen atoms in total. The summed E-state index contributed by atoms with van der Waals surface area (Å²) < 4.78 is 5.83. The molecule has 134 valence electrons. The van der Waals surface area contributed by atoms with E-state index in [4.69, 9.17) is 4.74 Å². The largest absolute Gasteiger partial charge is 0.452 e. The summed E-state index contributed by atoms with van der Waals surface area (Å²) in [7, 11) is 0. The molecule has 1 N–H and O–H groups in total. The van der Waals surface area contributed by atoms with Crippen LogP contribution in [-0.4, -0.2) is 30.9 Å². The van der Waals surface area contributed by atoms with Gasteiger partial charge in [-0.3, -0.25) is 9.59 Å². The molecule has 1 saturated heterocycles. The Morgan fingerprint density at radius 1 is 1.15 bits per heavy atom. The normalized spacial score (nSPS) is 13.6. The van der Waals surface area contributed by atoms with E-state index in [1.165, 1.54) is 0 Å². The summed E-state index contributed by atoms with van der Waals surface area (Å²) in [6.07, 6.45) is 1.38. The second kappa shape index (κ2) is 8.31. The highest BCUT2D eigenvalue weighted by atomic mass is 127. The zero-order valence-corrected chi connectivity index (χ0v) is 16.1. The fraction of sp³-hybridized carbons (Fsp3) is 0.211. The van der Waals surface area contributed by atoms with Crippen molar-refractivity contribution < 1.29 is 19.1 Å². The van der Waals surface area contributed by atoms with Gasteiger partial charge in [0.2, 0.25) is 5.91 Å². The number of carbonyl (C=O) groups excluding carboxylic acids is 3. The number of halogens is 1. The summed E-state index contributed by atoms with van der Waals surface area (Å²) in [5, 5.41) is 2.69. The average Bonchev–Trinajstić information content (AvgIpc) is 3.06. The molecular formula is C19H17IN2O4. The Labute approximate surface area is 164 Å². The first-order chi connectivity index (χ1) is 12.5. The summed E-state index contributed by atoms with van der Waals surface area (Å²) in [5.41, 5.74) is 1.73. The number of ether oxygens (including phenoxy) is 1. The number of esters is 1. The van der Waals surface area contributed by atoms with Crippen LogP contribution in [0.1, 0.15) is 23.2 Å². The molecule has 1 aliphatic rings. The minimum Gasteiger partial charge on any atom is -0.452 e. The molecule has 0 unspecified atom stereocenters. The molecule has 0 saturated carbocycles. The highest BCUT2D eigenvalue weighted by Gasteiger charge is 2.22. The summed E-state index contributed by atoms with van der Waals surface area (Å²) in [5.74, 6) is -0.893. The molecule has 1 aliphatic heterocycles. The van der Waals surface area contributed by atoms with Crippen LogP contribution in [0.2, 0.25) is 0 Å².